The van der Waals surface area contributed by atoms with E-state index in [2.05, 4.69) is 15.5 Å². The predicted molar refractivity (Wildman–Crippen MR) is 102 cm³/mol. The SMILES string of the molecule is O=C(CSc1nnnn1-c1cccc(F)c1)c1ccc(N2CCCC2=O)cc1. The molecule has 1 amide bonds. The fourth-order valence-corrected chi connectivity index (χ4v) is 3.79. The molecule has 1 fully saturated rings. The minimum atomic E-state index is -0.392. The minimum absolute atomic E-state index is 0.0851. The molecular weight excluding hydrogens is 381 g/mol. The van der Waals surface area contributed by atoms with Crippen LogP contribution in [0, 0.1) is 5.82 Å². The van der Waals surface area contributed by atoms with Crippen molar-refractivity contribution in [2.45, 2.75) is 18.0 Å². The molecule has 0 N–H and O–H groups in total. The van der Waals surface area contributed by atoms with E-state index in [1.54, 1.807) is 41.3 Å². The van der Waals surface area contributed by atoms with Crippen LogP contribution >= 0.6 is 11.8 Å². The van der Waals surface area contributed by atoms with E-state index >= 15 is 0 Å². The maximum absolute atomic E-state index is 13.4. The molecule has 0 spiro atoms. The van der Waals surface area contributed by atoms with E-state index in [9.17, 15) is 14.0 Å². The van der Waals surface area contributed by atoms with Crippen LogP contribution in [-0.4, -0.2) is 44.2 Å². The highest BCUT2D eigenvalue weighted by Crippen LogP contribution is 2.23. The van der Waals surface area contributed by atoms with Crippen LogP contribution < -0.4 is 4.90 Å². The number of ketones is 1. The number of tetrazole rings is 1. The summed E-state index contributed by atoms with van der Waals surface area (Å²) in [6, 6.07) is 12.9. The summed E-state index contributed by atoms with van der Waals surface area (Å²) in [6.07, 6.45) is 1.42. The van der Waals surface area contributed by atoms with Gasteiger partial charge in [0.25, 0.3) is 0 Å². The van der Waals surface area contributed by atoms with Gasteiger partial charge in [0.1, 0.15) is 5.82 Å². The quantitative estimate of drug-likeness (QED) is 0.470. The lowest BCUT2D eigenvalue weighted by Crippen LogP contribution is -2.23. The van der Waals surface area contributed by atoms with Gasteiger partial charge in [-0.25, -0.2) is 4.39 Å². The molecule has 0 aliphatic carbocycles. The second kappa shape index (κ2) is 7.89. The van der Waals surface area contributed by atoms with Crippen molar-refractivity contribution >= 4 is 29.1 Å². The lowest BCUT2D eigenvalue weighted by atomic mass is 10.1. The maximum Gasteiger partial charge on any atom is 0.227 e. The molecule has 0 radical (unpaired) electrons. The molecule has 2 heterocycles. The zero-order valence-corrected chi connectivity index (χ0v) is 15.6. The van der Waals surface area contributed by atoms with Crippen molar-refractivity contribution in [1.29, 1.82) is 0 Å². The summed E-state index contributed by atoms with van der Waals surface area (Å²) < 4.78 is 14.8. The fraction of sp³-hybridized carbons (Fsp3) is 0.211. The number of halogens is 1. The Balaban J connectivity index is 1.43. The molecule has 0 unspecified atom stereocenters. The summed E-state index contributed by atoms with van der Waals surface area (Å²) in [6.45, 7) is 0.713. The third kappa shape index (κ3) is 3.79. The van der Waals surface area contributed by atoms with Gasteiger partial charge in [-0.3, -0.25) is 9.59 Å². The van der Waals surface area contributed by atoms with Crippen LogP contribution in [0.4, 0.5) is 10.1 Å². The van der Waals surface area contributed by atoms with E-state index in [0.29, 0.717) is 29.4 Å². The lowest BCUT2D eigenvalue weighted by molar-refractivity contribution is -0.117. The Bertz CT molecular complexity index is 1020. The van der Waals surface area contributed by atoms with Crippen molar-refractivity contribution in [3.05, 3.63) is 59.9 Å². The van der Waals surface area contributed by atoms with Crippen molar-refractivity contribution in [3.8, 4) is 5.69 Å². The molecular formula is C19H16FN5O2S. The number of nitrogens with zero attached hydrogens (tertiary/aromatic N) is 5. The summed E-state index contributed by atoms with van der Waals surface area (Å²) >= 11 is 1.18. The van der Waals surface area contributed by atoms with Gasteiger partial charge in [-0.15, -0.1) is 5.10 Å². The molecule has 1 aromatic heterocycles. The molecule has 28 heavy (non-hydrogen) atoms. The number of hydrogen-bond acceptors (Lipinski definition) is 6. The highest BCUT2D eigenvalue weighted by molar-refractivity contribution is 7.99. The molecule has 142 valence electrons. The third-order valence-corrected chi connectivity index (χ3v) is 5.32. The van der Waals surface area contributed by atoms with Crippen molar-refractivity contribution in [1.82, 2.24) is 20.2 Å². The van der Waals surface area contributed by atoms with Gasteiger partial charge in [-0.05, 0) is 59.3 Å². The molecule has 1 saturated heterocycles. The largest absolute Gasteiger partial charge is 0.312 e. The van der Waals surface area contributed by atoms with E-state index in [4.69, 9.17) is 0 Å². The second-order valence-electron chi connectivity index (χ2n) is 6.26. The Labute approximate surface area is 164 Å². The van der Waals surface area contributed by atoms with Crippen molar-refractivity contribution < 1.29 is 14.0 Å². The number of benzene rings is 2. The first-order valence-corrected chi connectivity index (χ1v) is 9.71. The highest BCUT2D eigenvalue weighted by Gasteiger charge is 2.21. The van der Waals surface area contributed by atoms with E-state index < -0.39 is 5.82 Å². The fourth-order valence-electron chi connectivity index (χ4n) is 3.00. The average Bonchev–Trinajstić information content (AvgIpc) is 3.35. The molecule has 2 aromatic carbocycles. The molecule has 1 aliphatic rings. The third-order valence-electron chi connectivity index (χ3n) is 4.40. The van der Waals surface area contributed by atoms with Crippen LogP contribution in [0.2, 0.25) is 0 Å². The van der Waals surface area contributed by atoms with E-state index in [-0.39, 0.29) is 17.4 Å². The van der Waals surface area contributed by atoms with Gasteiger partial charge in [0.15, 0.2) is 5.78 Å². The number of rotatable bonds is 6. The van der Waals surface area contributed by atoms with Gasteiger partial charge >= 0.3 is 0 Å². The van der Waals surface area contributed by atoms with Gasteiger partial charge in [-0.2, -0.15) is 4.68 Å². The van der Waals surface area contributed by atoms with Gasteiger partial charge in [0.2, 0.25) is 11.1 Å². The Hall–Kier alpha value is -3.07. The van der Waals surface area contributed by atoms with Crippen LogP contribution in [0.15, 0.2) is 53.7 Å². The summed E-state index contributed by atoms with van der Waals surface area (Å²) in [7, 11) is 0. The molecule has 9 heteroatoms. The van der Waals surface area contributed by atoms with Crippen LogP contribution in [-0.2, 0) is 4.79 Å². The molecule has 0 atom stereocenters. The van der Waals surface area contributed by atoms with Crippen molar-refractivity contribution in [2.24, 2.45) is 0 Å². The van der Waals surface area contributed by atoms with Gasteiger partial charge in [0.05, 0.1) is 11.4 Å². The molecule has 0 bridgehead atoms. The number of hydrogen-bond donors (Lipinski definition) is 0. The molecule has 4 rings (SSSR count). The Morgan fingerprint density at radius 1 is 1.14 bits per heavy atom. The van der Waals surface area contributed by atoms with Crippen LogP contribution in [0.3, 0.4) is 0 Å². The van der Waals surface area contributed by atoms with Crippen LogP contribution in [0.1, 0.15) is 23.2 Å². The van der Waals surface area contributed by atoms with Crippen LogP contribution in [0.5, 0.6) is 0 Å². The summed E-state index contributed by atoms with van der Waals surface area (Å²) in [5, 5.41) is 11.8. The number of amides is 1. The monoisotopic (exact) mass is 397 g/mol. The van der Waals surface area contributed by atoms with E-state index in [0.717, 1.165) is 12.1 Å². The normalized spacial score (nSPS) is 13.9. The summed E-state index contributed by atoms with van der Waals surface area (Å²) in [5.41, 5.74) is 1.84. The smallest absolute Gasteiger partial charge is 0.227 e. The maximum atomic E-state index is 13.4. The van der Waals surface area contributed by atoms with Crippen molar-refractivity contribution in [3.63, 3.8) is 0 Å². The first kappa shape index (κ1) is 18.3. The Morgan fingerprint density at radius 2 is 1.96 bits per heavy atom. The predicted octanol–water partition coefficient (Wildman–Crippen LogP) is 2.90. The van der Waals surface area contributed by atoms with Crippen LogP contribution in [0.25, 0.3) is 5.69 Å². The molecule has 1 aliphatic heterocycles. The Kier molecular flexibility index (Phi) is 5.16. The summed E-state index contributed by atoms with van der Waals surface area (Å²) in [5.74, 6) is -0.231. The number of anilines is 1. The number of carbonyl (C=O) groups is 2. The molecule has 0 saturated carbocycles. The van der Waals surface area contributed by atoms with E-state index in [1.165, 1.54) is 28.6 Å². The highest BCUT2D eigenvalue weighted by atomic mass is 32.2. The number of carbonyl (C=O) groups excluding carboxylic acids is 2. The van der Waals surface area contributed by atoms with Gasteiger partial charge in [-0.1, -0.05) is 17.8 Å². The van der Waals surface area contributed by atoms with Gasteiger partial charge < -0.3 is 4.90 Å². The molecule has 3 aromatic rings. The number of aromatic nitrogens is 4. The lowest BCUT2D eigenvalue weighted by Gasteiger charge is -2.15. The Morgan fingerprint density at radius 3 is 2.68 bits per heavy atom. The van der Waals surface area contributed by atoms with E-state index in [1.807, 2.05) is 0 Å². The number of thioether (sulfide) groups is 1. The molecule has 7 nitrogen and oxygen atoms in total. The summed E-state index contributed by atoms with van der Waals surface area (Å²) in [4.78, 5) is 26.0. The second-order valence-corrected chi connectivity index (χ2v) is 7.20. The topological polar surface area (TPSA) is 81.0 Å². The average molecular weight is 397 g/mol. The standard InChI is InChI=1S/C19H16FN5O2S/c20-14-3-1-4-16(11-14)25-19(21-22-23-25)28-12-17(26)13-6-8-15(9-7-13)24-10-2-5-18(24)27/h1,3-4,6-9,11H,2,5,10,12H2. The zero-order chi connectivity index (χ0) is 19.5. The first-order chi connectivity index (χ1) is 13.6. The minimum Gasteiger partial charge on any atom is -0.312 e. The zero-order valence-electron chi connectivity index (χ0n) is 14.8. The number of Topliss-reactive ketones (excluding diaryl/α,β-unsaturated/α-hetero) is 1. The van der Waals surface area contributed by atoms with Gasteiger partial charge in [0, 0.05) is 24.2 Å². The first-order valence-electron chi connectivity index (χ1n) is 8.72. The van der Waals surface area contributed by atoms with Crippen molar-refractivity contribution in [2.75, 3.05) is 17.2 Å².